The number of carbonyl (C=O) groups is 2. The number of nitrogens with one attached hydrogen (secondary N) is 1. The van der Waals surface area contributed by atoms with Crippen molar-refractivity contribution in [3.63, 3.8) is 0 Å². The summed E-state index contributed by atoms with van der Waals surface area (Å²) < 4.78 is 1.80. The molecule has 33 heavy (non-hydrogen) atoms. The molecule has 0 saturated heterocycles. The molecule has 3 aromatic carbocycles. The summed E-state index contributed by atoms with van der Waals surface area (Å²) in [6.07, 6.45) is 1.33. The van der Waals surface area contributed by atoms with Crippen molar-refractivity contribution in [2.45, 2.75) is 18.9 Å². The van der Waals surface area contributed by atoms with Gasteiger partial charge in [0.2, 0.25) is 0 Å². The Bertz CT molecular complexity index is 1230. The molecule has 0 aliphatic rings. The monoisotopic (exact) mass is 440 g/mol. The third-order valence-electron chi connectivity index (χ3n) is 5.96. The van der Waals surface area contributed by atoms with Crippen LogP contribution in [0, 0.1) is 0 Å². The smallest absolute Gasteiger partial charge is 0.287 e. The molecule has 1 aromatic heterocycles. The van der Waals surface area contributed by atoms with Crippen LogP contribution in [-0.4, -0.2) is 45.9 Å². The highest BCUT2D eigenvalue weighted by Gasteiger charge is 2.22. The zero-order chi connectivity index (χ0) is 23.2. The molecule has 2 amide bonds. The van der Waals surface area contributed by atoms with Crippen LogP contribution < -0.4 is 5.32 Å². The maximum absolute atomic E-state index is 13.1. The summed E-state index contributed by atoms with van der Waals surface area (Å²) in [7, 11) is 3.67. The summed E-state index contributed by atoms with van der Waals surface area (Å²) in [5, 5.41) is 2.99. The van der Waals surface area contributed by atoms with Crippen LogP contribution in [0.5, 0.6) is 0 Å². The van der Waals surface area contributed by atoms with Gasteiger partial charge < -0.3 is 14.8 Å². The molecule has 0 radical (unpaired) electrons. The van der Waals surface area contributed by atoms with Gasteiger partial charge in [0.1, 0.15) is 0 Å². The van der Waals surface area contributed by atoms with Crippen LogP contribution >= 0.6 is 0 Å². The Kier molecular flexibility index (Phi) is 6.83. The largest absolute Gasteiger partial charge is 0.349 e. The van der Waals surface area contributed by atoms with E-state index in [4.69, 9.17) is 0 Å². The fourth-order valence-electron chi connectivity index (χ4n) is 4.05. The van der Waals surface area contributed by atoms with E-state index < -0.39 is 0 Å². The first kappa shape index (κ1) is 22.3. The molecule has 0 fully saturated rings. The van der Waals surface area contributed by atoms with Crippen molar-refractivity contribution in [2.75, 3.05) is 13.6 Å². The Labute approximate surface area is 193 Å². The zero-order valence-electron chi connectivity index (χ0n) is 18.9. The molecule has 1 unspecified atom stereocenters. The topological polar surface area (TPSA) is 67.2 Å². The van der Waals surface area contributed by atoms with Crippen LogP contribution in [0.25, 0.3) is 11.0 Å². The van der Waals surface area contributed by atoms with Crippen LogP contribution in [0.15, 0.2) is 84.9 Å². The van der Waals surface area contributed by atoms with Crippen molar-refractivity contribution in [3.05, 3.63) is 102 Å². The fourth-order valence-corrected chi connectivity index (χ4v) is 4.05. The molecule has 4 rings (SSSR count). The summed E-state index contributed by atoms with van der Waals surface area (Å²) in [6.45, 7) is 0.436. The van der Waals surface area contributed by atoms with Crippen molar-refractivity contribution in [1.29, 1.82) is 0 Å². The number of nitrogens with zero attached hydrogens (tertiary/aromatic N) is 3. The molecule has 6 heteroatoms. The lowest BCUT2D eigenvalue weighted by Crippen LogP contribution is -2.41. The number of fused-ring (bicyclic) bond motifs is 1. The summed E-state index contributed by atoms with van der Waals surface area (Å²) in [5.41, 5.74) is 3.51. The van der Waals surface area contributed by atoms with Gasteiger partial charge in [-0.15, -0.1) is 0 Å². The first-order chi connectivity index (χ1) is 16.0. The lowest BCUT2D eigenvalue weighted by Gasteiger charge is -2.29. The SMILES string of the molecule is CN(C(=O)c1ccccc1)C(CCNC(=O)c1nc2ccccc2n1C)Cc1ccccc1. The quantitative estimate of drug-likeness (QED) is 0.449. The summed E-state index contributed by atoms with van der Waals surface area (Å²) in [5.74, 6) is 0.131. The maximum atomic E-state index is 13.1. The van der Waals surface area contributed by atoms with Crippen molar-refractivity contribution in [2.24, 2.45) is 7.05 Å². The van der Waals surface area contributed by atoms with Crippen LogP contribution in [0.4, 0.5) is 0 Å². The van der Waals surface area contributed by atoms with Gasteiger partial charge >= 0.3 is 0 Å². The Balaban J connectivity index is 1.46. The number of rotatable bonds is 8. The van der Waals surface area contributed by atoms with E-state index in [9.17, 15) is 9.59 Å². The number of para-hydroxylation sites is 2. The van der Waals surface area contributed by atoms with Crippen molar-refractivity contribution in [3.8, 4) is 0 Å². The number of hydrogen-bond acceptors (Lipinski definition) is 3. The normalized spacial score (nSPS) is 11.8. The van der Waals surface area contributed by atoms with Gasteiger partial charge in [0.25, 0.3) is 11.8 Å². The van der Waals surface area contributed by atoms with Gasteiger partial charge in [-0.3, -0.25) is 9.59 Å². The van der Waals surface area contributed by atoms with E-state index in [0.717, 1.165) is 16.6 Å². The molecule has 1 heterocycles. The van der Waals surface area contributed by atoms with E-state index in [1.54, 1.807) is 9.47 Å². The maximum Gasteiger partial charge on any atom is 0.287 e. The van der Waals surface area contributed by atoms with Crippen LogP contribution in [-0.2, 0) is 13.5 Å². The van der Waals surface area contributed by atoms with Gasteiger partial charge in [-0.2, -0.15) is 0 Å². The van der Waals surface area contributed by atoms with Crippen LogP contribution in [0.2, 0.25) is 0 Å². The van der Waals surface area contributed by atoms with Crippen molar-refractivity contribution >= 4 is 22.8 Å². The third kappa shape index (κ3) is 5.12. The number of imidazole rings is 1. The number of benzene rings is 3. The Hall–Kier alpha value is -3.93. The second-order valence-corrected chi connectivity index (χ2v) is 8.15. The standard InChI is InChI=1S/C27H28N4O2/c1-30(27(33)21-13-7-4-8-14-21)22(19-20-11-5-3-6-12-20)17-18-28-26(32)25-29-23-15-9-10-16-24(23)31(25)2/h3-16,22H,17-19H2,1-2H3,(H,28,32). The van der Waals surface area contributed by atoms with Gasteiger partial charge in [0, 0.05) is 32.2 Å². The number of carbonyl (C=O) groups excluding carboxylic acids is 2. The first-order valence-electron chi connectivity index (χ1n) is 11.1. The summed E-state index contributed by atoms with van der Waals surface area (Å²) >= 11 is 0. The Morgan fingerprint density at radius 2 is 1.58 bits per heavy atom. The van der Waals surface area contributed by atoms with Gasteiger partial charge in [0.15, 0.2) is 5.82 Å². The van der Waals surface area contributed by atoms with E-state index in [-0.39, 0.29) is 17.9 Å². The van der Waals surface area contributed by atoms with E-state index in [1.807, 2.05) is 86.9 Å². The molecule has 6 nitrogen and oxygen atoms in total. The molecule has 0 bridgehead atoms. The van der Waals surface area contributed by atoms with Crippen molar-refractivity contribution < 1.29 is 9.59 Å². The van der Waals surface area contributed by atoms with Crippen molar-refractivity contribution in [1.82, 2.24) is 19.8 Å². The molecule has 0 aliphatic carbocycles. The number of hydrogen-bond donors (Lipinski definition) is 1. The average Bonchev–Trinajstić information content (AvgIpc) is 3.20. The van der Waals surface area contributed by atoms with Gasteiger partial charge in [-0.05, 0) is 42.7 Å². The molecule has 0 aliphatic heterocycles. The lowest BCUT2D eigenvalue weighted by atomic mass is 10.0. The molecule has 4 aromatic rings. The van der Waals surface area contributed by atoms with Gasteiger partial charge in [-0.1, -0.05) is 60.7 Å². The fraction of sp³-hybridized carbons (Fsp3) is 0.222. The third-order valence-corrected chi connectivity index (χ3v) is 5.96. The van der Waals surface area contributed by atoms with E-state index >= 15 is 0 Å². The minimum Gasteiger partial charge on any atom is -0.349 e. The molecule has 1 atom stereocenters. The molecule has 168 valence electrons. The summed E-state index contributed by atoms with van der Waals surface area (Å²) in [4.78, 5) is 32.1. The molecule has 0 saturated carbocycles. The van der Waals surface area contributed by atoms with E-state index in [0.29, 0.717) is 30.8 Å². The number of likely N-dealkylation sites (N-methyl/N-ethyl adjacent to an activating group) is 1. The highest BCUT2D eigenvalue weighted by molar-refractivity contribution is 5.95. The molecular formula is C27H28N4O2. The Morgan fingerprint density at radius 3 is 2.27 bits per heavy atom. The highest BCUT2D eigenvalue weighted by Crippen LogP contribution is 2.16. The second kappa shape index (κ2) is 10.1. The predicted molar refractivity (Wildman–Crippen MR) is 130 cm³/mol. The molecule has 0 spiro atoms. The summed E-state index contributed by atoms with van der Waals surface area (Å²) in [6, 6.07) is 27.0. The highest BCUT2D eigenvalue weighted by atomic mass is 16.2. The minimum absolute atomic E-state index is 0.0294. The van der Waals surface area contributed by atoms with E-state index in [1.165, 1.54) is 0 Å². The van der Waals surface area contributed by atoms with Gasteiger partial charge in [-0.25, -0.2) is 4.98 Å². The van der Waals surface area contributed by atoms with E-state index in [2.05, 4.69) is 22.4 Å². The number of amides is 2. The number of aryl methyl sites for hydroxylation is 1. The van der Waals surface area contributed by atoms with Crippen LogP contribution in [0.3, 0.4) is 0 Å². The van der Waals surface area contributed by atoms with Gasteiger partial charge in [0.05, 0.1) is 11.0 Å². The average molecular weight is 441 g/mol. The second-order valence-electron chi connectivity index (χ2n) is 8.15. The minimum atomic E-state index is -0.218. The molecule has 1 N–H and O–H groups in total. The Morgan fingerprint density at radius 1 is 0.939 bits per heavy atom. The zero-order valence-corrected chi connectivity index (χ0v) is 18.9. The first-order valence-corrected chi connectivity index (χ1v) is 11.1. The predicted octanol–water partition coefficient (Wildman–Crippen LogP) is 4.08. The van der Waals surface area contributed by atoms with Crippen LogP contribution in [0.1, 0.15) is 33.0 Å². The number of aromatic nitrogens is 2. The molecular weight excluding hydrogens is 412 g/mol. The lowest BCUT2D eigenvalue weighted by molar-refractivity contribution is 0.0722.